The van der Waals surface area contributed by atoms with Gasteiger partial charge in [-0.3, -0.25) is 0 Å². The van der Waals surface area contributed by atoms with Crippen molar-refractivity contribution < 1.29 is 0 Å². The van der Waals surface area contributed by atoms with E-state index >= 15 is 0 Å². The van der Waals surface area contributed by atoms with Crippen LogP contribution in [0.15, 0.2) is 30.3 Å². The third-order valence-corrected chi connectivity index (χ3v) is 2.27. The number of hydrogen-bond acceptors (Lipinski definition) is 2. The monoisotopic (exact) mass is 209 g/mol. The van der Waals surface area contributed by atoms with Crippen molar-refractivity contribution in [2.45, 2.75) is 19.4 Å². The number of nitrogens with two attached hydrogens (primary N) is 1. The number of nitrogens with one attached hydrogen (secondary N) is 2. The first kappa shape index (κ1) is 10.9. The van der Waals surface area contributed by atoms with Crippen molar-refractivity contribution in [1.29, 1.82) is 0 Å². The van der Waals surface area contributed by atoms with Gasteiger partial charge in [0.15, 0.2) is 5.11 Å². The van der Waals surface area contributed by atoms with Crippen molar-refractivity contribution in [1.82, 2.24) is 10.7 Å². The normalized spacial score (nSPS) is 10.8. The summed E-state index contributed by atoms with van der Waals surface area (Å²) in [7, 11) is 0. The van der Waals surface area contributed by atoms with Crippen molar-refractivity contribution in [3.63, 3.8) is 0 Å². The molecular formula is C10H15N3S. The molecule has 0 amide bonds. The lowest BCUT2D eigenvalue weighted by Crippen LogP contribution is -2.48. The number of hydrogen-bond donors (Lipinski definition) is 3. The summed E-state index contributed by atoms with van der Waals surface area (Å²) in [6, 6.07) is 10.1. The second-order valence-electron chi connectivity index (χ2n) is 3.59. The summed E-state index contributed by atoms with van der Waals surface area (Å²) in [5.74, 6) is 5.20. The number of rotatable bonds is 2. The molecule has 1 aromatic rings. The lowest BCUT2D eigenvalue weighted by Gasteiger charge is -2.27. The minimum Gasteiger partial charge on any atom is -0.353 e. The van der Waals surface area contributed by atoms with Crippen molar-refractivity contribution in [3.8, 4) is 0 Å². The molecule has 0 radical (unpaired) electrons. The van der Waals surface area contributed by atoms with Crippen LogP contribution >= 0.6 is 12.2 Å². The Hall–Kier alpha value is -1.13. The summed E-state index contributed by atoms with van der Waals surface area (Å²) in [6.07, 6.45) is 0. The van der Waals surface area contributed by atoms with Crippen LogP contribution < -0.4 is 16.6 Å². The zero-order valence-corrected chi connectivity index (χ0v) is 9.19. The zero-order chi connectivity index (χ0) is 10.6. The van der Waals surface area contributed by atoms with E-state index < -0.39 is 0 Å². The molecule has 0 fully saturated rings. The quantitative estimate of drug-likeness (QED) is 0.390. The van der Waals surface area contributed by atoms with Gasteiger partial charge in [0, 0.05) is 0 Å². The van der Waals surface area contributed by atoms with Crippen LogP contribution in [-0.2, 0) is 5.54 Å². The Kier molecular flexibility index (Phi) is 3.43. The van der Waals surface area contributed by atoms with E-state index in [1.807, 2.05) is 44.2 Å². The molecule has 1 aromatic carbocycles. The van der Waals surface area contributed by atoms with Gasteiger partial charge in [-0.25, -0.2) is 5.84 Å². The Balaban J connectivity index is 2.80. The molecule has 0 atom stereocenters. The van der Waals surface area contributed by atoms with Gasteiger partial charge < -0.3 is 10.7 Å². The minimum absolute atomic E-state index is 0.218. The summed E-state index contributed by atoms with van der Waals surface area (Å²) < 4.78 is 0. The van der Waals surface area contributed by atoms with Gasteiger partial charge in [-0.15, -0.1) is 0 Å². The fourth-order valence-electron chi connectivity index (χ4n) is 1.25. The van der Waals surface area contributed by atoms with Gasteiger partial charge in [0.25, 0.3) is 0 Å². The average molecular weight is 209 g/mol. The Morgan fingerprint density at radius 1 is 1.29 bits per heavy atom. The zero-order valence-electron chi connectivity index (χ0n) is 8.37. The minimum atomic E-state index is -0.218. The smallest absolute Gasteiger partial charge is 0.181 e. The standard InChI is InChI=1S/C10H15N3S/c1-10(2,12-9(14)13-11)8-6-4-3-5-7-8/h3-7H,11H2,1-2H3,(H2,12,13,14). The topological polar surface area (TPSA) is 50.1 Å². The molecule has 0 saturated heterocycles. The van der Waals surface area contributed by atoms with E-state index in [-0.39, 0.29) is 5.54 Å². The van der Waals surface area contributed by atoms with Crippen LogP contribution in [0.25, 0.3) is 0 Å². The molecule has 0 aliphatic carbocycles. The largest absolute Gasteiger partial charge is 0.353 e. The maximum absolute atomic E-state index is 5.20. The molecule has 0 unspecified atom stereocenters. The maximum Gasteiger partial charge on any atom is 0.181 e. The second-order valence-corrected chi connectivity index (χ2v) is 4.00. The predicted octanol–water partition coefficient (Wildman–Crippen LogP) is 1.26. The van der Waals surface area contributed by atoms with Crippen molar-refractivity contribution >= 4 is 17.3 Å². The van der Waals surface area contributed by atoms with Crippen LogP contribution in [0.3, 0.4) is 0 Å². The highest BCUT2D eigenvalue weighted by Crippen LogP contribution is 2.18. The molecule has 14 heavy (non-hydrogen) atoms. The van der Waals surface area contributed by atoms with Crippen LogP contribution in [0.4, 0.5) is 0 Å². The van der Waals surface area contributed by atoms with Gasteiger partial charge in [-0.05, 0) is 31.6 Å². The van der Waals surface area contributed by atoms with Crippen LogP contribution in [0.2, 0.25) is 0 Å². The number of benzene rings is 1. The van der Waals surface area contributed by atoms with E-state index in [1.165, 1.54) is 0 Å². The van der Waals surface area contributed by atoms with Gasteiger partial charge in [0.2, 0.25) is 0 Å². The second kappa shape index (κ2) is 4.39. The predicted molar refractivity (Wildman–Crippen MR) is 62.5 cm³/mol. The molecular weight excluding hydrogens is 194 g/mol. The highest BCUT2D eigenvalue weighted by molar-refractivity contribution is 7.80. The first-order valence-corrected chi connectivity index (χ1v) is 4.81. The summed E-state index contributed by atoms with van der Waals surface area (Å²) in [5, 5.41) is 3.56. The lowest BCUT2D eigenvalue weighted by atomic mass is 9.95. The van der Waals surface area contributed by atoms with Crippen LogP contribution in [-0.4, -0.2) is 5.11 Å². The van der Waals surface area contributed by atoms with Crippen LogP contribution in [0, 0.1) is 0 Å². The molecule has 0 spiro atoms. The first-order chi connectivity index (χ1) is 6.56. The molecule has 0 aliphatic rings. The summed E-state index contributed by atoms with van der Waals surface area (Å²) >= 11 is 4.96. The maximum atomic E-state index is 5.20. The number of hydrazine groups is 1. The van der Waals surface area contributed by atoms with E-state index in [0.717, 1.165) is 5.56 Å². The molecule has 0 heterocycles. The Labute approximate surface area is 89.7 Å². The van der Waals surface area contributed by atoms with E-state index in [4.69, 9.17) is 18.1 Å². The molecule has 76 valence electrons. The van der Waals surface area contributed by atoms with E-state index in [0.29, 0.717) is 5.11 Å². The third kappa shape index (κ3) is 2.68. The molecule has 4 N–H and O–H groups in total. The molecule has 0 aliphatic heterocycles. The van der Waals surface area contributed by atoms with Gasteiger partial charge >= 0.3 is 0 Å². The Morgan fingerprint density at radius 3 is 2.36 bits per heavy atom. The highest BCUT2D eigenvalue weighted by atomic mass is 32.1. The average Bonchev–Trinajstić information content (AvgIpc) is 2.18. The van der Waals surface area contributed by atoms with E-state index in [2.05, 4.69) is 10.7 Å². The Bertz CT molecular complexity index is 308. The van der Waals surface area contributed by atoms with E-state index in [1.54, 1.807) is 0 Å². The van der Waals surface area contributed by atoms with Gasteiger partial charge in [-0.2, -0.15) is 0 Å². The summed E-state index contributed by atoms with van der Waals surface area (Å²) in [6.45, 7) is 4.10. The van der Waals surface area contributed by atoms with Gasteiger partial charge in [0.05, 0.1) is 5.54 Å². The molecule has 1 rings (SSSR count). The van der Waals surface area contributed by atoms with E-state index in [9.17, 15) is 0 Å². The van der Waals surface area contributed by atoms with Gasteiger partial charge in [0.1, 0.15) is 0 Å². The van der Waals surface area contributed by atoms with Gasteiger partial charge in [-0.1, -0.05) is 30.3 Å². The Morgan fingerprint density at radius 2 is 1.86 bits per heavy atom. The highest BCUT2D eigenvalue weighted by Gasteiger charge is 2.20. The SMILES string of the molecule is CC(C)(NC(=S)NN)c1ccccc1. The fourth-order valence-corrected chi connectivity index (χ4v) is 1.50. The first-order valence-electron chi connectivity index (χ1n) is 4.40. The third-order valence-electron chi connectivity index (χ3n) is 2.05. The molecule has 0 saturated carbocycles. The summed E-state index contributed by atoms with van der Waals surface area (Å²) in [5.41, 5.74) is 3.36. The summed E-state index contributed by atoms with van der Waals surface area (Å²) in [4.78, 5) is 0. The molecule has 3 nitrogen and oxygen atoms in total. The van der Waals surface area contributed by atoms with Crippen LogP contribution in [0.1, 0.15) is 19.4 Å². The fraction of sp³-hybridized carbons (Fsp3) is 0.300. The van der Waals surface area contributed by atoms with Crippen LogP contribution in [0.5, 0.6) is 0 Å². The molecule has 0 bridgehead atoms. The van der Waals surface area contributed by atoms with Crippen molar-refractivity contribution in [2.24, 2.45) is 5.84 Å². The van der Waals surface area contributed by atoms with Crippen molar-refractivity contribution in [2.75, 3.05) is 0 Å². The van der Waals surface area contributed by atoms with Crippen molar-refractivity contribution in [3.05, 3.63) is 35.9 Å². The number of thiocarbonyl (C=S) groups is 1. The lowest BCUT2D eigenvalue weighted by molar-refractivity contribution is 0.482. The molecule has 0 aromatic heterocycles. The molecule has 4 heteroatoms.